The number of fused-ring (bicyclic) bond motifs is 2. The monoisotopic (exact) mass is 292 g/mol. The first-order valence-corrected chi connectivity index (χ1v) is 6.44. The van der Waals surface area contributed by atoms with Crippen LogP contribution in [0.15, 0.2) is 22.7 Å². The average Bonchev–Trinajstić information content (AvgIpc) is 2.35. The van der Waals surface area contributed by atoms with Gasteiger partial charge in [0.15, 0.2) is 0 Å². The van der Waals surface area contributed by atoms with E-state index in [0.29, 0.717) is 0 Å². The highest BCUT2D eigenvalue weighted by Crippen LogP contribution is 2.33. The molecule has 0 atom stereocenters. The molecule has 0 unspecified atom stereocenters. The SMILES string of the molecule is COc1c2c(nc3cc(Br)ccc13)CNCC2. The van der Waals surface area contributed by atoms with Crippen LogP contribution in [0.3, 0.4) is 0 Å². The maximum Gasteiger partial charge on any atom is 0.133 e. The van der Waals surface area contributed by atoms with Crippen LogP contribution in [0.2, 0.25) is 0 Å². The quantitative estimate of drug-likeness (QED) is 0.877. The fraction of sp³-hybridized carbons (Fsp3) is 0.308. The minimum absolute atomic E-state index is 0.828. The lowest BCUT2D eigenvalue weighted by molar-refractivity contribution is 0.410. The number of halogens is 1. The second-order valence-electron chi connectivity index (χ2n) is 4.16. The molecule has 3 rings (SSSR count). The molecule has 0 saturated carbocycles. The van der Waals surface area contributed by atoms with E-state index >= 15 is 0 Å². The zero-order valence-electron chi connectivity index (χ0n) is 9.59. The maximum atomic E-state index is 5.58. The Labute approximate surface area is 108 Å². The number of ether oxygens (including phenoxy) is 1. The van der Waals surface area contributed by atoms with Gasteiger partial charge < -0.3 is 10.1 Å². The van der Waals surface area contributed by atoms with Gasteiger partial charge in [0.05, 0.1) is 18.3 Å². The van der Waals surface area contributed by atoms with Crippen molar-refractivity contribution in [3.8, 4) is 5.75 Å². The molecule has 0 saturated heterocycles. The van der Waals surface area contributed by atoms with Crippen LogP contribution in [0.1, 0.15) is 11.3 Å². The lowest BCUT2D eigenvalue weighted by Gasteiger charge is -2.20. The summed E-state index contributed by atoms with van der Waals surface area (Å²) >= 11 is 3.48. The zero-order chi connectivity index (χ0) is 11.8. The summed E-state index contributed by atoms with van der Waals surface area (Å²) in [5.74, 6) is 0.985. The Hall–Kier alpha value is -1.13. The van der Waals surface area contributed by atoms with E-state index in [1.54, 1.807) is 7.11 Å². The van der Waals surface area contributed by atoms with Gasteiger partial charge in [0.1, 0.15) is 5.75 Å². The van der Waals surface area contributed by atoms with Crippen molar-refractivity contribution in [2.45, 2.75) is 13.0 Å². The zero-order valence-corrected chi connectivity index (χ0v) is 11.2. The minimum atomic E-state index is 0.828. The first-order chi connectivity index (χ1) is 8.29. The molecule has 0 radical (unpaired) electrons. The third-order valence-electron chi connectivity index (χ3n) is 3.13. The summed E-state index contributed by atoms with van der Waals surface area (Å²) in [5.41, 5.74) is 3.35. The average molecular weight is 293 g/mol. The molecule has 0 fully saturated rings. The Kier molecular flexibility index (Phi) is 2.76. The molecular weight excluding hydrogens is 280 g/mol. The van der Waals surface area contributed by atoms with E-state index in [1.165, 1.54) is 5.56 Å². The molecule has 1 aliphatic heterocycles. The van der Waals surface area contributed by atoms with Gasteiger partial charge in [-0.2, -0.15) is 0 Å². The predicted molar refractivity (Wildman–Crippen MR) is 71.4 cm³/mol. The molecule has 0 aliphatic carbocycles. The van der Waals surface area contributed by atoms with Crippen LogP contribution in [-0.4, -0.2) is 18.6 Å². The molecule has 1 aromatic carbocycles. The Morgan fingerprint density at radius 3 is 3.12 bits per heavy atom. The molecule has 1 aliphatic rings. The molecule has 0 spiro atoms. The highest BCUT2D eigenvalue weighted by molar-refractivity contribution is 9.10. The van der Waals surface area contributed by atoms with Gasteiger partial charge in [-0.05, 0) is 31.2 Å². The Morgan fingerprint density at radius 1 is 1.41 bits per heavy atom. The number of benzene rings is 1. The second-order valence-corrected chi connectivity index (χ2v) is 5.07. The number of aromatic nitrogens is 1. The van der Waals surface area contributed by atoms with Crippen molar-refractivity contribution in [1.82, 2.24) is 10.3 Å². The van der Waals surface area contributed by atoms with Gasteiger partial charge in [-0.25, -0.2) is 0 Å². The van der Waals surface area contributed by atoms with Crippen molar-refractivity contribution in [3.63, 3.8) is 0 Å². The van der Waals surface area contributed by atoms with Crippen LogP contribution in [0, 0.1) is 0 Å². The Balaban J connectivity index is 2.34. The van der Waals surface area contributed by atoms with Crippen molar-refractivity contribution in [1.29, 1.82) is 0 Å². The molecule has 4 heteroatoms. The van der Waals surface area contributed by atoms with Crippen LogP contribution in [0.4, 0.5) is 0 Å². The van der Waals surface area contributed by atoms with Gasteiger partial charge in [0.2, 0.25) is 0 Å². The van der Waals surface area contributed by atoms with Crippen LogP contribution in [-0.2, 0) is 13.0 Å². The van der Waals surface area contributed by atoms with Crippen molar-refractivity contribution < 1.29 is 4.74 Å². The van der Waals surface area contributed by atoms with Gasteiger partial charge in [-0.15, -0.1) is 0 Å². The summed E-state index contributed by atoms with van der Waals surface area (Å²) in [7, 11) is 1.74. The van der Waals surface area contributed by atoms with E-state index in [9.17, 15) is 0 Å². The topological polar surface area (TPSA) is 34.1 Å². The first kappa shape index (κ1) is 11.0. The third-order valence-corrected chi connectivity index (χ3v) is 3.62. The van der Waals surface area contributed by atoms with Gasteiger partial charge in [-0.3, -0.25) is 4.98 Å². The van der Waals surface area contributed by atoms with Gasteiger partial charge in [0, 0.05) is 22.0 Å². The standard InChI is InChI=1S/C13H13BrN2O/c1-17-13-9-3-2-8(14)6-11(9)16-12-7-15-5-4-10(12)13/h2-3,6,15H,4-5,7H2,1H3. The Morgan fingerprint density at radius 2 is 2.29 bits per heavy atom. The van der Waals surface area contributed by atoms with E-state index in [4.69, 9.17) is 9.72 Å². The van der Waals surface area contributed by atoms with Crippen LogP contribution in [0.5, 0.6) is 5.75 Å². The number of methoxy groups -OCH3 is 1. The van der Waals surface area contributed by atoms with Gasteiger partial charge >= 0.3 is 0 Å². The highest BCUT2D eigenvalue weighted by Gasteiger charge is 2.18. The minimum Gasteiger partial charge on any atom is -0.496 e. The van der Waals surface area contributed by atoms with E-state index in [2.05, 4.69) is 27.3 Å². The summed E-state index contributed by atoms with van der Waals surface area (Å²) in [4.78, 5) is 4.71. The van der Waals surface area contributed by atoms with Crippen molar-refractivity contribution in [3.05, 3.63) is 33.9 Å². The van der Waals surface area contributed by atoms with Gasteiger partial charge in [-0.1, -0.05) is 15.9 Å². The largest absolute Gasteiger partial charge is 0.496 e. The van der Waals surface area contributed by atoms with Crippen molar-refractivity contribution >= 4 is 26.8 Å². The molecule has 88 valence electrons. The molecular formula is C13H13BrN2O. The van der Waals surface area contributed by atoms with Crippen LogP contribution in [0.25, 0.3) is 10.9 Å². The molecule has 2 heterocycles. The summed E-state index contributed by atoms with van der Waals surface area (Å²) < 4.78 is 6.63. The summed E-state index contributed by atoms with van der Waals surface area (Å²) in [5, 5.41) is 4.44. The third kappa shape index (κ3) is 1.81. The lowest BCUT2D eigenvalue weighted by atomic mass is 10.0. The second kappa shape index (κ2) is 4.27. The Bertz CT molecular complexity index is 583. The summed E-state index contributed by atoms with van der Waals surface area (Å²) in [6.07, 6.45) is 0.984. The molecule has 0 amide bonds. The highest BCUT2D eigenvalue weighted by atomic mass is 79.9. The number of pyridine rings is 1. The van der Waals surface area contributed by atoms with Crippen molar-refractivity contribution in [2.24, 2.45) is 0 Å². The number of nitrogens with zero attached hydrogens (tertiary/aromatic N) is 1. The first-order valence-electron chi connectivity index (χ1n) is 5.65. The predicted octanol–water partition coefficient (Wildman–Crippen LogP) is 2.65. The van der Waals surface area contributed by atoms with E-state index in [1.807, 2.05) is 12.1 Å². The molecule has 3 nitrogen and oxygen atoms in total. The summed E-state index contributed by atoms with van der Waals surface area (Å²) in [6, 6.07) is 6.13. The summed E-state index contributed by atoms with van der Waals surface area (Å²) in [6.45, 7) is 1.82. The van der Waals surface area contributed by atoms with Crippen LogP contribution >= 0.6 is 15.9 Å². The maximum absolute atomic E-state index is 5.58. The van der Waals surface area contributed by atoms with Crippen LogP contribution < -0.4 is 10.1 Å². The molecule has 1 aromatic heterocycles. The number of hydrogen-bond donors (Lipinski definition) is 1. The normalized spacial score (nSPS) is 14.7. The fourth-order valence-electron chi connectivity index (χ4n) is 2.35. The number of hydrogen-bond acceptors (Lipinski definition) is 3. The molecule has 17 heavy (non-hydrogen) atoms. The lowest BCUT2D eigenvalue weighted by Crippen LogP contribution is -2.25. The van der Waals surface area contributed by atoms with E-state index in [-0.39, 0.29) is 0 Å². The smallest absolute Gasteiger partial charge is 0.133 e. The fourth-order valence-corrected chi connectivity index (χ4v) is 2.70. The number of rotatable bonds is 1. The van der Waals surface area contributed by atoms with Crippen molar-refractivity contribution in [2.75, 3.05) is 13.7 Å². The molecule has 1 N–H and O–H groups in total. The van der Waals surface area contributed by atoms with E-state index < -0.39 is 0 Å². The molecule has 2 aromatic rings. The van der Waals surface area contributed by atoms with E-state index in [0.717, 1.165) is 46.3 Å². The molecule has 0 bridgehead atoms. The van der Waals surface area contributed by atoms with Gasteiger partial charge in [0.25, 0.3) is 0 Å². The number of nitrogens with one attached hydrogen (secondary N) is 1.